The SMILES string of the molecule is [CH3][Co](=[O])[P](=O)(O)O. The molecular weight excluding hydrogens is 166 g/mol. The summed E-state index contributed by atoms with van der Waals surface area (Å²) >= 11 is -2.31. The van der Waals surface area contributed by atoms with Gasteiger partial charge < -0.3 is 0 Å². The zero-order chi connectivity index (χ0) is 6.08. The van der Waals surface area contributed by atoms with Gasteiger partial charge >= 0.3 is 43.6 Å². The Kier molecular flexibility index (Phi) is 2.29. The number of hydrogen-bond acceptors (Lipinski definition) is 2. The molecule has 0 atom stereocenters. The molecule has 0 spiro atoms. The molecule has 0 aromatic carbocycles. The summed E-state index contributed by atoms with van der Waals surface area (Å²) in [4.78, 5) is 15.8. The van der Waals surface area contributed by atoms with Gasteiger partial charge in [0.2, 0.25) is 0 Å². The van der Waals surface area contributed by atoms with Gasteiger partial charge in [0.15, 0.2) is 0 Å². The van der Waals surface area contributed by atoms with E-state index >= 15 is 0 Å². The van der Waals surface area contributed by atoms with Crippen LogP contribution in [0.15, 0.2) is 0 Å². The van der Waals surface area contributed by atoms with Crippen LogP contribution >= 0.6 is 6.33 Å². The van der Waals surface area contributed by atoms with E-state index in [1.807, 2.05) is 0 Å². The minimum atomic E-state index is -4.23. The maximum atomic E-state index is 9.85. The van der Waals surface area contributed by atoms with Gasteiger partial charge in [-0.3, -0.25) is 0 Å². The molecule has 6 heteroatoms. The predicted octanol–water partition coefficient (Wildman–Crippen LogP) is 0.0909. The van der Waals surface area contributed by atoms with E-state index < -0.39 is 19.5 Å². The number of hydrogen-bond donors (Lipinski definition) is 2. The molecule has 4 nitrogen and oxygen atoms in total. The molecule has 7 heavy (non-hydrogen) atoms. The summed E-state index contributed by atoms with van der Waals surface area (Å²) in [7, 11) is 0. The number of rotatable bonds is 1. The fourth-order valence-corrected chi connectivity index (χ4v) is 0. The van der Waals surface area contributed by atoms with Crippen molar-refractivity contribution in [2.45, 2.75) is 5.86 Å². The van der Waals surface area contributed by atoms with E-state index in [2.05, 4.69) is 0 Å². The molecule has 0 aliphatic heterocycles. The van der Waals surface area contributed by atoms with Crippen molar-refractivity contribution in [3.8, 4) is 0 Å². The Labute approximate surface area is 44.3 Å². The van der Waals surface area contributed by atoms with Gasteiger partial charge in [0, 0.05) is 0 Å². The molecule has 0 radical (unpaired) electrons. The molecule has 0 aliphatic rings. The van der Waals surface area contributed by atoms with Gasteiger partial charge in [0.1, 0.15) is 0 Å². The normalized spacial score (nSPS) is 13.9. The fraction of sp³-hybridized carbons (Fsp3) is 1.00. The fourth-order valence-electron chi connectivity index (χ4n) is 0. The molecule has 0 aromatic rings. The van der Waals surface area contributed by atoms with E-state index in [1.165, 1.54) is 0 Å². The molecule has 0 bridgehead atoms. The zero-order valence-corrected chi connectivity index (χ0v) is 5.43. The van der Waals surface area contributed by atoms with E-state index in [0.717, 1.165) is 5.86 Å². The van der Waals surface area contributed by atoms with Crippen LogP contribution in [0.3, 0.4) is 0 Å². The zero-order valence-electron chi connectivity index (χ0n) is 3.49. The van der Waals surface area contributed by atoms with Gasteiger partial charge in [-0.2, -0.15) is 0 Å². The van der Waals surface area contributed by atoms with Crippen LogP contribution in [0.4, 0.5) is 0 Å². The van der Waals surface area contributed by atoms with Crippen LogP contribution in [0.5, 0.6) is 0 Å². The van der Waals surface area contributed by atoms with Crippen molar-refractivity contribution in [1.29, 1.82) is 0 Å². The molecule has 0 saturated carbocycles. The van der Waals surface area contributed by atoms with Crippen LogP contribution in [0.1, 0.15) is 0 Å². The first-order chi connectivity index (χ1) is 2.94. The van der Waals surface area contributed by atoms with Crippen LogP contribution in [0, 0.1) is 0 Å². The molecular formula is CH5CoO4P. The van der Waals surface area contributed by atoms with Gasteiger partial charge in [-0.05, 0) is 0 Å². The molecule has 47 valence electrons. The molecule has 0 saturated heterocycles. The molecule has 0 aliphatic carbocycles. The van der Waals surface area contributed by atoms with Crippen LogP contribution in [0.2, 0.25) is 5.86 Å². The average Bonchev–Trinajstić information content (AvgIpc) is 1.31. The maximum absolute atomic E-state index is 9.85. The molecule has 0 rings (SSSR count). The Morgan fingerprint density at radius 2 is 1.71 bits per heavy atom. The van der Waals surface area contributed by atoms with Gasteiger partial charge in [0.25, 0.3) is 0 Å². The van der Waals surface area contributed by atoms with E-state index in [4.69, 9.17) is 9.79 Å². The Morgan fingerprint density at radius 1 is 1.57 bits per heavy atom. The summed E-state index contributed by atoms with van der Waals surface area (Å²) < 4.78 is 19.6. The van der Waals surface area contributed by atoms with Gasteiger partial charge in [-0.1, -0.05) is 0 Å². The van der Waals surface area contributed by atoms with Gasteiger partial charge in [-0.25, -0.2) is 0 Å². The first-order valence-corrected chi connectivity index (χ1v) is 5.53. The first-order valence-electron chi connectivity index (χ1n) is 1.20. The third-order valence-electron chi connectivity index (χ3n) is 0.273. The van der Waals surface area contributed by atoms with Crippen LogP contribution in [-0.2, 0) is 21.6 Å². The molecule has 2 N–H and O–H groups in total. The van der Waals surface area contributed by atoms with Crippen molar-refractivity contribution in [1.82, 2.24) is 0 Å². The standard InChI is InChI=1S/CH3.Co.HO3P.O/c;;1-4(2)3;/h1H3;;(H-,1,2,3);/q;-1;;/p+1. The van der Waals surface area contributed by atoms with Crippen molar-refractivity contribution in [3.63, 3.8) is 0 Å². The Hall–Kier alpha value is 0.456. The van der Waals surface area contributed by atoms with Crippen molar-refractivity contribution in [2.24, 2.45) is 0 Å². The molecule has 0 unspecified atom stereocenters. The summed E-state index contributed by atoms with van der Waals surface area (Å²) in [6.07, 6.45) is -4.23. The third kappa shape index (κ3) is 3.08. The van der Waals surface area contributed by atoms with E-state index in [0.29, 0.717) is 0 Å². The Morgan fingerprint density at radius 3 is 1.71 bits per heavy atom. The van der Waals surface area contributed by atoms with Crippen molar-refractivity contribution >= 4 is 6.33 Å². The van der Waals surface area contributed by atoms with Crippen LogP contribution in [0.25, 0.3) is 0 Å². The molecule has 0 aromatic heterocycles. The van der Waals surface area contributed by atoms with Crippen LogP contribution < -0.4 is 0 Å². The quantitative estimate of drug-likeness (QED) is 0.548. The van der Waals surface area contributed by atoms with Gasteiger partial charge in [0.05, 0.1) is 0 Å². The monoisotopic (exact) mass is 171 g/mol. The second kappa shape index (κ2) is 2.15. The van der Waals surface area contributed by atoms with Crippen molar-refractivity contribution in [3.05, 3.63) is 0 Å². The second-order valence-electron chi connectivity index (χ2n) is 0.793. The van der Waals surface area contributed by atoms with Crippen LogP contribution in [-0.4, -0.2) is 9.79 Å². The summed E-state index contributed by atoms with van der Waals surface area (Å²) in [5.41, 5.74) is 0. The summed E-state index contributed by atoms with van der Waals surface area (Å²) in [5.74, 6) is 0.994. The predicted molar refractivity (Wildman–Crippen MR) is 18.6 cm³/mol. The van der Waals surface area contributed by atoms with E-state index in [9.17, 15) is 8.43 Å². The molecule has 0 fully saturated rings. The van der Waals surface area contributed by atoms with Crippen molar-refractivity contribution in [2.75, 3.05) is 0 Å². The topological polar surface area (TPSA) is 74.6 Å². The van der Waals surface area contributed by atoms with Gasteiger partial charge in [-0.15, -0.1) is 0 Å². The summed E-state index contributed by atoms with van der Waals surface area (Å²) in [6.45, 7) is 0. The molecule has 0 amide bonds. The third-order valence-corrected chi connectivity index (χ3v) is 3.38. The summed E-state index contributed by atoms with van der Waals surface area (Å²) in [6, 6.07) is 0. The van der Waals surface area contributed by atoms with Crippen molar-refractivity contribution < 1.29 is 31.4 Å². The second-order valence-corrected chi connectivity index (χ2v) is 6.32. The Bertz CT molecular complexity index is 124. The first kappa shape index (κ1) is 7.46. The minimum absolute atomic E-state index is 0.994. The average molecular weight is 171 g/mol. The molecule has 0 heterocycles. The van der Waals surface area contributed by atoms with E-state index in [-0.39, 0.29) is 0 Å². The van der Waals surface area contributed by atoms with E-state index in [1.54, 1.807) is 0 Å². The Balaban J connectivity index is 4.09. The summed E-state index contributed by atoms with van der Waals surface area (Å²) in [5, 5.41) is 0.